The maximum absolute atomic E-state index is 14.6. The van der Waals surface area contributed by atoms with Gasteiger partial charge < -0.3 is 4.74 Å². The molecular weight excluding hydrogens is 438 g/mol. The van der Waals surface area contributed by atoms with Gasteiger partial charge in [-0.15, -0.1) is 0 Å². The fourth-order valence-corrected chi connectivity index (χ4v) is 6.37. The van der Waals surface area contributed by atoms with Crippen molar-refractivity contribution in [2.24, 2.45) is 11.8 Å². The second kappa shape index (κ2) is 12.5. The van der Waals surface area contributed by atoms with Crippen molar-refractivity contribution in [2.75, 3.05) is 0 Å². The fourth-order valence-electron chi connectivity index (χ4n) is 6.37. The molecule has 0 aromatic heterocycles. The Morgan fingerprint density at radius 2 is 1.17 bits per heavy atom. The third-order valence-electron chi connectivity index (χ3n) is 8.73. The van der Waals surface area contributed by atoms with Gasteiger partial charge in [-0.05, 0) is 97.3 Å². The Morgan fingerprint density at radius 1 is 0.686 bits per heavy atom. The van der Waals surface area contributed by atoms with E-state index in [1.807, 2.05) is 24.3 Å². The standard InChI is InChI=1S/C32H44F2O/c1-3-5-25-8-16-29(17-9-25)31-20-12-27(13-21-31)23-35-32(33,34)22-26-10-18-30(19-11-26)28-14-6-24(4-2)7-15-28/h10-13,18-21,24-25,28-29H,3-9,14-17,22-23H2,1-2H3. The molecule has 0 saturated heterocycles. The van der Waals surface area contributed by atoms with Gasteiger partial charge in [-0.2, -0.15) is 8.78 Å². The van der Waals surface area contributed by atoms with Gasteiger partial charge in [0.1, 0.15) is 0 Å². The Bertz CT molecular complexity index is 873. The molecule has 0 aliphatic heterocycles. The van der Waals surface area contributed by atoms with Crippen LogP contribution in [0.1, 0.15) is 119 Å². The highest BCUT2D eigenvalue weighted by Crippen LogP contribution is 2.38. The molecule has 35 heavy (non-hydrogen) atoms. The summed E-state index contributed by atoms with van der Waals surface area (Å²) in [5, 5.41) is 0. The van der Waals surface area contributed by atoms with Crippen LogP contribution >= 0.6 is 0 Å². The normalized spacial score (nSPS) is 25.5. The Balaban J connectivity index is 1.23. The van der Waals surface area contributed by atoms with E-state index < -0.39 is 6.11 Å². The van der Waals surface area contributed by atoms with Gasteiger partial charge in [-0.3, -0.25) is 0 Å². The van der Waals surface area contributed by atoms with Crippen molar-refractivity contribution in [2.45, 2.75) is 115 Å². The first-order valence-corrected chi connectivity index (χ1v) is 14.1. The molecule has 1 nitrogen and oxygen atoms in total. The van der Waals surface area contributed by atoms with Gasteiger partial charge >= 0.3 is 6.11 Å². The molecule has 2 saturated carbocycles. The van der Waals surface area contributed by atoms with Crippen molar-refractivity contribution in [3.8, 4) is 0 Å². The predicted octanol–water partition coefficient (Wildman–Crippen LogP) is 9.80. The predicted molar refractivity (Wildman–Crippen MR) is 141 cm³/mol. The van der Waals surface area contributed by atoms with Crippen LogP contribution in [0.15, 0.2) is 48.5 Å². The Kier molecular flexibility index (Phi) is 9.39. The zero-order chi connectivity index (χ0) is 24.7. The molecule has 0 unspecified atom stereocenters. The lowest BCUT2D eigenvalue weighted by atomic mass is 9.77. The van der Waals surface area contributed by atoms with Crippen molar-refractivity contribution in [3.05, 3.63) is 70.8 Å². The molecule has 4 rings (SSSR count). The van der Waals surface area contributed by atoms with Gasteiger partial charge in [-0.1, -0.05) is 81.6 Å². The minimum absolute atomic E-state index is 0.0602. The summed E-state index contributed by atoms with van der Waals surface area (Å²) < 4.78 is 34.2. The third kappa shape index (κ3) is 7.62. The van der Waals surface area contributed by atoms with Crippen LogP contribution in [0.25, 0.3) is 0 Å². The second-order valence-corrected chi connectivity index (χ2v) is 11.2. The number of hydrogen-bond donors (Lipinski definition) is 0. The Labute approximate surface area is 211 Å². The van der Waals surface area contributed by atoms with E-state index in [4.69, 9.17) is 4.74 Å². The number of rotatable bonds is 10. The smallest absolute Gasteiger partial charge is 0.315 e. The molecule has 0 amide bonds. The third-order valence-corrected chi connectivity index (χ3v) is 8.73. The van der Waals surface area contributed by atoms with Crippen LogP contribution in [0.2, 0.25) is 0 Å². The molecule has 0 spiro atoms. The summed E-state index contributed by atoms with van der Waals surface area (Å²) in [4.78, 5) is 0. The molecule has 2 aromatic carbocycles. The Hall–Kier alpha value is -1.74. The second-order valence-electron chi connectivity index (χ2n) is 11.2. The van der Waals surface area contributed by atoms with Gasteiger partial charge in [0.05, 0.1) is 13.0 Å². The molecule has 3 heteroatoms. The van der Waals surface area contributed by atoms with Gasteiger partial charge in [0.25, 0.3) is 0 Å². The molecule has 0 radical (unpaired) electrons. The number of halogens is 2. The molecule has 0 atom stereocenters. The first-order valence-electron chi connectivity index (χ1n) is 14.1. The molecule has 0 bridgehead atoms. The molecule has 2 aliphatic carbocycles. The van der Waals surface area contributed by atoms with Crippen LogP contribution in [0.5, 0.6) is 0 Å². The highest BCUT2D eigenvalue weighted by Gasteiger charge is 2.31. The van der Waals surface area contributed by atoms with Crippen LogP contribution in [-0.4, -0.2) is 6.11 Å². The van der Waals surface area contributed by atoms with E-state index >= 15 is 0 Å². The van der Waals surface area contributed by atoms with E-state index in [9.17, 15) is 8.78 Å². The minimum atomic E-state index is -3.17. The summed E-state index contributed by atoms with van der Waals surface area (Å²) >= 11 is 0. The SMILES string of the molecule is CCCC1CCC(c2ccc(COC(F)(F)Cc3ccc(C4CCC(CC)CC4)cc3)cc2)CC1. The quantitative estimate of drug-likeness (QED) is 0.327. The molecule has 2 aromatic rings. The summed E-state index contributed by atoms with van der Waals surface area (Å²) in [6, 6.07) is 16.0. The lowest BCUT2D eigenvalue weighted by Gasteiger charge is -2.28. The first-order chi connectivity index (χ1) is 17.0. The van der Waals surface area contributed by atoms with E-state index in [0.717, 1.165) is 17.4 Å². The van der Waals surface area contributed by atoms with Gasteiger partial charge in [0.15, 0.2) is 0 Å². The van der Waals surface area contributed by atoms with Crippen LogP contribution in [-0.2, 0) is 17.8 Å². The lowest BCUT2D eigenvalue weighted by molar-refractivity contribution is -0.244. The minimum Gasteiger partial charge on any atom is -0.315 e. The van der Waals surface area contributed by atoms with E-state index in [2.05, 4.69) is 38.1 Å². The lowest BCUT2D eigenvalue weighted by Crippen LogP contribution is -2.23. The van der Waals surface area contributed by atoms with Gasteiger partial charge in [0.2, 0.25) is 0 Å². The molecule has 2 aliphatic rings. The zero-order valence-electron chi connectivity index (χ0n) is 21.8. The molecule has 0 N–H and O–H groups in total. The van der Waals surface area contributed by atoms with Crippen molar-refractivity contribution < 1.29 is 13.5 Å². The molecule has 192 valence electrons. The number of benzene rings is 2. The fraction of sp³-hybridized carbons (Fsp3) is 0.625. The molecule has 2 fully saturated rings. The van der Waals surface area contributed by atoms with Gasteiger partial charge in [-0.25, -0.2) is 0 Å². The van der Waals surface area contributed by atoms with Crippen molar-refractivity contribution in [3.63, 3.8) is 0 Å². The number of ether oxygens (including phenoxy) is 1. The van der Waals surface area contributed by atoms with Crippen molar-refractivity contribution in [1.29, 1.82) is 0 Å². The monoisotopic (exact) mass is 482 g/mol. The van der Waals surface area contributed by atoms with Crippen molar-refractivity contribution in [1.82, 2.24) is 0 Å². The van der Waals surface area contributed by atoms with Crippen molar-refractivity contribution >= 4 is 0 Å². The zero-order valence-corrected chi connectivity index (χ0v) is 21.8. The van der Waals surface area contributed by atoms with E-state index in [0.29, 0.717) is 17.4 Å². The maximum atomic E-state index is 14.6. The van der Waals surface area contributed by atoms with Crippen LogP contribution in [0.3, 0.4) is 0 Å². The molecular formula is C32H44F2O. The maximum Gasteiger partial charge on any atom is 0.360 e. The van der Waals surface area contributed by atoms with Crippen LogP contribution in [0.4, 0.5) is 8.78 Å². The summed E-state index contributed by atoms with van der Waals surface area (Å²) in [6.45, 7) is 4.48. The summed E-state index contributed by atoms with van der Waals surface area (Å²) in [7, 11) is 0. The first kappa shape index (κ1) is 26.3. The van der Waals surface area contributed by atoms with Gasteiger partial charge in [0, 0.05) is 0 Å². The van der Waals surface area contributed by atoms with E-state index in [1.165, 1.54) is 81.8 Å². The topological polar surface area (TPSA) is 9.23 Å². The number of hydrogen-bond acceptors (Lipinski definition) is 1. The largest absolute Gasteiger partial charge is 0.360 e. The highest BCUT2D eigenvalue weighted by molar-refractivity contribution is 5.27. The highest BCUT2D eigenvalue weighted by atomic mass is 19.3. The number of alkyl halides is 2. The van der Waals surface area contributed by atoms with Crippen LogP contribution in [0, 0.1) is 11.8 Å². The Morgan fingerprint density at radius 3 is 1.66 bits per heavy atom. The van der Waals surface area contributed by atoms with Crippen LogP contribution < -0.4 is 0 Å². The average Bonchev–Trinajstić information content (AvgIpc) is 2.89. The summed E-state index contributed by atoms with van der Waals surface area (Å²) in [5.41, 5.74) is 4.09. The summed E-state index contributed by atoms with van der Waals surface area (Å²) in [6.07, 6.45) is 10.5. The average molecular weight is 483 g/mol. The van der Waals surface area contributed by atoms with E-state index in [-0.39, 0.29) is 13.0 Å². The van der Waals surface area contributed by atoms with E-state index in [1.54, 1.807) is 0 Å². The molecule has 0 heterocycles. The summed E-state index contributed by atoms with van der Waals surface area (Å²) in [5.74, 6) is 2.95.